The van der Waals surface area contributed by atoms with E-state index in [-0.39, 0.29) is 12.4 Å². The first kappa shape index (κ1) is 10.8. The van der Waals surface area contributed by atoms with E-state index in [0.29, 0.717) is 16.5 Å². The molecule has 0 aliphatic carbocycles. The molecule has 0 saturated carbocycles. The number of carbonyl (C=O) groups excluding carboxylic acids is 1. The maximum Gasteiger partial charge on any atom is 0.310 e. The van der Waals surface area contributed by atoms with Gasteiger partial charge in [-0.25, -0.2) is 4.98 Å². The lowest BCUT2D eigenvalue weighted by Crippen LogP contribution is -2.05. The summed E-state index contributed by atoms with van der Waals surface area (Å²) in [5, 5.41) is 0.427. The third kappa shape index (κ3) is 2.60. The Morgan fingerprint density at radius 2 is 2.29 bits per heavy atom. The molecule has 0 aliphatic rings. The van der Waals surface area contributed by atoms with Gasteiger partial charge in [-0.15, -0.1) is 0 Å². The Bertz CT molecular complexity index is 341. The van der Waals surface area contributed by atoms with Crippen LogP contribution in [-0.2, 0) is 16.0 Å². The van der Waals surface area contributed by atoms with Gasteiger partial charge in [0.15, 0.2) is 0 Å². The van der Waals surface area contributed by atoms with Crippen molar-refractivity contribution in [1.29, 1.82) is 0 Å². The second-order valence-corrected chi connectivity index (χ2v) is 2.98. The van der Waals surface area contributed by atoms with Gasteiger partial charge in [0.05, 0.1) is 25.7 Å². The molecule has 0 N–H and O–H groups in total. The molecule has 0 unspecified atom stereocenters. The molecule has 0 fully saturated rings. The van der Waals surface area contributed by atoms with Crippen LogP contribution in [0.25, 0.3) is 0 Å². The average Bonchev–Trinajstić information content (AvgIpc) is 2.21. The predicted molar refractivity (Wildman–Crippen MR) is 51.5 cm³/mol. The molecular weight excluding hydrogens is 206 g/mol. The molecule has 14 heavy (non-hydrogen) atoms. The summed E-state index contributed by atoms with van der Waals surface area (Å²) in [7, 11) is 2.83. The molecule has 1 rings (SSSR count). The van der Waals surface area contributed by atoms with Crippen molar-refractivity contribution in [2.24, 2.45) is 0 Å². The largest absolute Gasteiger partial charge is 0.481 e. The maximum absolute atomic E-state index is 11.0. The van der Waals surface area contributed by atoms with Crippen LogP contribution in [0, 0.1) is 0 Å². The summed E-state index contributed by atoms with van der Waals surface area (Å²) in [6, 6.07) is 1.61. The van der Waals surface area contributed by atoms with Gasteiger partial charge in [-0.1, -0.05) is 11.6 Å². The van der Waals surface area contributed by atoms with Gasteiger partial charge in [0.25, 0.3) is 0 Å². The zero-order valence-electron chi connectivity index (χ0n) is 7.91. The van der Waals surface area contributed by atoms with Crippen LogP contribution in [-0.4, -0.2) is 25.2 Å². The number of halogens is 1. The van der Waals surface area contributed by atoms with E-state index in [9.17, 15) is 4.79 Å². The number of rotatable bonds is 3. The normalized spacial score (nSPS) is 9.64. The van der Waals surface area contributed by atoms with Crippen LogP contribution in [0.15, 0.2) is 12.3 Å². The highest BCUT2D eigenvalue weighted by molar-refractivity contribution is 6.31. The zero-order chi connectivity index (χ0) is 10.6. The molecule has 0 radical (unpaired) electrons. The van der Waals surface area contributed by atoms with Crippen molar-refractivity contribution in [3.63, 3.8) is 0 Å². The smallest absolute Gasteiger partial charge is 0.310 e. The fourth-order valence-corrected chi connectivity index (χ4v) is 1.10. The summed E-state index contributed by atoms with van der Waals surface area (Å²) in [5.41, 5.74) is 0.644. The fraction of sp³-hybridized carbons (Fsp3) is 0.333. The summed E-state index contributed by atoms with van der Waals surface area (Å²) in [6.45, 7) is 0. The monoisotopic (exact) mass is 215 g/mol. The van der Waals surface area contributed by atoms with E-state index in [2.05, 4.69) is 9.72 Å². The van der Waals surface area contributed by atoms with Crippen LogP contribution in [0.3, 0.4) is 0 Å². The first-order chi connectivity index (χ1) is 6.67. The molecule has 0 bridgehead atoms. The predicted octanol–water partition coefficient (Wildman–Crippen LogP) is 1.46. The van der Waals surface area contributed by atoms with Crippen molar-refractivity contribution in [3.05, 3.63) is 22.8 Å². The van der Waals surface area contributed by atoms with Gasteiger partial charge in [-0.2, -0.15) is 0 Å². The van der Waals surface area contributed by atoms with Gasteiger partial charge in [0.2, 0.25) is 5.88 Å². The average molecular weight is 216 g/mol. The first-order valence-corrected chi connectivity index (χ1v) is 4.30. The Labute approximate surface area is 86.8 Å². The highest BCUT2D eigenvalue weighted by Gasteiger charge is 2.08. The Balaban J connectivity index is 2.89. The highest BCUT2D eigenvalue weighted by Crippen LogP contribution is 2.19. The number of aromatic nitrogens is 1. The molecule has 1 aromatic rings. The van der Waals surface area contributed by atoms with Gasteiger partial charge >= 0.3 is 5.97 Å². The number of carbonyl (C=O) groups is 1. The molecule has 0 amide bonds. The second-order valence-electron chi connectivity index (χ2n) is 2.57. The molecule has 0 spiro atoms. The highest BCUT2D eigenvalue weighted by atomic mass is 35.5. The van der Waals surface area contributed by atoms with E-state index in [1.807, 2.05) is 0 Å². The SMILES string of the molecule is COC(=O)Cc1cc(OC)ncc1Cl. The van der Waals surface area contributed by atoms with Crippen LogP contribution in [0.5, 0.6) is 5.88 Å². The molecule has 4 nitrogen and oxygen atoms in total. The van der Waals surface area contributed by atoms with E-state index in [1.54, 1.807) is 6.07 Å². The Hall–Kier alpha value is -1.29. The maximum atomic E-state index is 11.0. The number of nitrogens with zero attached hydrogens (tertiary/aromatic N) is 1. The van der Waals surface area contributed by atoms with Crippen LogP contribution < -0.4 is 4.74 Å². The van der Waals surface area contributed by atoms with E-state index in [4.69, 9.17) is 16.3 Å². The lowest BCUT2D eigenvalue weighted by molar-refractivity contribution is -0.139. The van der Waals surface area contributed by atoms with Crippen molar-refractivity contribution >= 4 is 17.6 Å². The van der Waals surface area contributed by atoms with Crippen molar-refractivity contribution in [1.82, 2.24) is 4.98 Å². The Morgan fingerprint density at radius 1 is 1.57 bits per heavy atom. The van der Waals surface area contributed by atoms with Gasteiger partial charge in [-0.05, 0) is 5.56 Å². The third-order valence-corrected chi connectivity index (χ3v) is 2.02. The van der Waals surface area contributed by atoms with Crippen LogP contribution >= 0.6 is 11.6 Å². The summed E-state index contributed by atoms with van der Waals surface area (Å²) in [6.07, 6.45) is 1.56. The molecule has 0 atom stereocenters. The quantitative estimate of drug-likeness (QED) is 0.717. The number of ether oxygens (including phenoxy) is 2. The van der Waals surface area contributed by atoms with E-state index in [0.717, 1.165) is 0 Å². The minimum absolute atomic E-state index is 0.119. The number of methoxy groups -OCH3 is 2. The van der Waals surface area contributed by atoms with Crippen molar-refractivity contribution < 1.29 is 14.3 Å². The lowest BCUT2D eigenvalue weighted by atomic mass is 10.2. The second kappa shape index (κ2) is 4.81. The fourth-order valence-electron chi connectivity index (χ4n) is 0.933. The molecule has 76 valence electrons. The van der Waals surface area contributed by atoms with Gasteiger partial charge in [0, 0.05) is 12.3 Å². The van der Waals surface area contributed by atoms with E-state index < -0.39 is 0 Å². The third-order valence-electron chi connectivity index (χ3n) is 1.68. The number of pyridine rings is 1. The minimum atomic E-state index is -0.347. The van der Waals surface area contributed by atoms with Crippen LogP contribution in [0.4, 0.5) is 0 Å². The molecule has 0 saturated heterocycles. The van der Waals surface area contributed by atoms with Gasteiger partial charge < -0.3 is 9.47 Å². The van der Waals surface area contributed by atoms with Crippen LogP contribution in [0.2, 0.25) is 5.02 Å². The molecule has 1 aromatic heterocycles. The Morgan fingerprint density at radius 3 is 2.86 bits per heavy atom. The molecular formula is C9H10ClNO3. The standard InChI is InChI=1S/C9H10ClNO3/c1-13-8-3-6(4-9(12)14-2)7(10)5-11-8/h3,5H,4H2,1-2H3. The first-order valence-electron chi connectivity index (χ1n) is 3.92. The van der Waals surface area contributed by atoms with E-state index >= 15 is 0 Å². The van der Waals surface area contributed by atoms with Crippen molar-refractivity contribution in [3.8, 4) is 5.88 Å². The lowest BCUT2D eigenvalue weighted by Gasteiger charge is -2.04. The van der Waals surface area contributed by atoms with E-state index in [1.165, 1.54) is 20.4 Å². The number of hydrogen-bond donors (Lipinski definition) is 0. The molecule has 5 heteroatoms. The number of esters is 1. The molecule has 0 aliphatic heterocycles. The summed E-state index contributed by atoms with van der Waals surface area (Å²) >= 11 is 5.83. The zero-order valence-corrected chi connectivity index (χ0v) is 8.67. The summed E-state index contributed by atoms with van der Waals surface area (Å²) < 4.78 is 9.43. The van der Waals surface area contributed by atoms with Crippen molar-refractivity contribution in [2.45, 2.75) is 6.42 Å². The van der Waals surface area contributed by atoms with Crippen molar-refractivity contribution in [2.75, 3.05) is 14.2 Å². The molecule has 1 heterocycles. The number of hydrogen-bond acceptors (Lipinski definition) is 4. The topological polar surface area (TPSA) is 48.4 Å². The van der Waals surface area contributed by atoms with Gasteiger partial charge in [0.1, 0.15) is 0 Å². The van der Waals surface area contributed by atoms with Gasteiger partial charge in [-0.3, -0.25) is 4.79 Å². The van der Waals surface area contributed by atoms with Crippen LogP contribution in [0.1, 0.15) is 5.56 Å². The minimum Gasteiger partial charge on any atom is -0.481 e. The molecule has 0 aromatic carbocycles. The Kier molecular flexibility index (Phi) is 3.71. The summed E-state index contributed by atoms with van der Waals surface area (Å²) in [4.78, 5) is 14.9. The summed E-state index contributed by atoms with van der Waals surface area (Å²) in [5.74, 6) is 0.0773.